The molecule has 14 heteroatoms. The zero-order valence-corrected chi connectivity index (χ0v) is 52.2. The van der Waals surface area contributed by atoms with E-state index in [1.54, 1.807) is 6.08 Å². The lowest BCUT2D eigenvalue weighted by atomic mass is 9.97. The summed E-state index contributed by atoms with van der Waals surface area (Å²) >= 11 is 0. The molecule has 9 N–H and O–H groups in total. The first-order chi connectivity index (χ1) is 40.6. The molecule has 482 valence electrons. The number of carbonyl (C=O) groups is 1. The fourth-order valence-corrected chi connectivity index (χ4v) is 10.7. The van der Waals surface area contributed by atoms with Gasteiger partial charge < -0.3 is 65.1 Å². The van der Waals surface area contributed by atoms with Gasteiger partial charge >= 0.3 is 0 Å². The molecule has 0 aliphatic carbocycles. The number of aliphatic hydroxyl groups is 8. The largest absolute Gasteiger partial charge is 0.394 e. The topological polar surface area (TPSA) is 228 Å². The Morgan fingerprint density at radius 2 is 0.807 bits per heavy atom. The van der Waals surface area contributed by atoms with Gasteiger partial charge in [-0.15, -0.1) is 0 Å². The van der Waals surface area contributed by atoms with Crippen molar-refractivity contribution in [3.8, 4) is 0 Å². The summed E-state index contributed by atoms with van der Waals surface area (Å²) in [4.78, 5) is 13.3. The van der Waals surface area contributed by atoms with Gasteiger partial charge in [-0.3, -0.25) is 4.79 Å². The molecule has 2 saturated heterocycles. The normalized spacial score (nSPS) is 24.3. The zero-order chi connectivity index (χ0) is 60.2. The Morgan fingerprint density at radius 3 is 1.27 bits per heavy atom. The number of aliphatic hydroxyl groups excluding tert-OH is 8. The van der Waals surface area contributed by atoms with Crippen molar-refractivity contribution >= 4 is 5.91 Å². The number of hydrogen-bond donors (Lipinski definition) is 9. The average molecular weight is 1170 g/mol. The molecule has 2 rings (SSSR count). The minimum atomic E-state index is -1.79. The van der Waals surface area contributed by atoms with Gasteiger partial charge in [-0.2, -0.15) is 0 Å². The maximum absolute atomic E-state index is 13.3. The molecule has 14 nitrogen and oxygen atoms in total. The zero-order valence-electron chi connectivity index (χ0n) is 52.2. The van der Waals surface area contributed by atoms with Crippen molar-refractivity contribution in [1.82, 2.24) is 5.32 Å². The van der Waals surface area contributed by atoms with Crippen molar-refractivity contribution < 1.29 is 64.6 Å². The highest BCUT2D eigenvalue weighted by molar-refractivity contribution is 5.76. The van der Waals surface area contributed by atoms with Crippen LogP contribution < -0.4 is 5.32 Å². The summed E-state index contributed by atoms with van der Waals surface area (Å²) in [5.74, 6) is -0.253. The summed E-state index contributed by atoms with van der Waals surface area (Å²) in [5, 5.41) is 87.2. The fourth-order valence-electron chi connectivity index (χ4n) is 10.7. The molecule has 2 aliphatic heterocycles. The van der Waals surface area contributed by atoms with E-state index in [4.69, 9.17) is 18.9 Å². The first-order valence-electron chi connectivity index (χ1n) is 33.7. The van der Waals surface area contributed by atoms with Crippen LogP contribution in [0.15, 0.2) is 72.9 Å². The number of allylic oxidation sites excluding steroid dienone is 11. The summed E-state index contributed by atoms with van der Waals surface area (Å²) in [5.41, 5.74) is 0. The molecule has 83 heavy (non-hydrogen) atoms. The van der Waals surface area contributed by atoms with Crippen LogP contribution in [0.1, 0.15) is 264 Å². The molecule has 12 atom stereocenters. The molecular weight excluding hydrogens is 1050 g/mol. The van der Waals surface area contributed by atoms with Gasteiger partial charge in [-0.1, -0.05) is 247 Å². The molecule has 0 aromatic carbocycles. The van der Waals surface area contributed by atoms with Crippen molar-refractivity contribution in [2.75, 3.05) is 19.8 Å². The highest BCUT2D eigenvalue weighted by Gasteiger charge is 2.51. The Balaban J connectivity index is 1.69. The monoisotopic (exact) mass is 1170 g/mol. The highest BCUT2D eigenvalue weighted by atomic mass is 16.7. The first-order valence-corrected chi connectivity index (χ1v) is 33.7. The van der Waals surface area contributed by atoms with Crippen molar-refractivity contribution in [3.05, 3.63) is 72.9 Å². The van der Waals surface area contributed by atoms with E-state index in [-0.39, 0.29) is 18.9 Å². The Kier molecular flexibility index (Phi) is 49.5. The third-order valence-corrected chi connectivity index (χ3v) is 16.1. The van der Waals surface area contributed by atoms with Gasteiger partial charge in [-0.05, 0) is 83.5 Å². The van der Waals surface area contributed by atoms with Gasteiger partial charge in [-0.25, -0.2) is 0 Å². The van der Waals surface area contributed by atoms with Gasteiger partial charge in [0.25, 0.3) is 0 Å². The van der Waals surface area contributed by atoms with Crippen LogP contribution in [0.4, 0.5) is 0 Å². The third-order valence-electron chi connectivity index (χ3n) is 16.1. The van der Waals surface area contributed by atoms with E-state index < -0.39 is 86.8 Å². The Bertz CT molecular complexity index is 1670. The lowest BCUT2D eigenvalue weighted by Crippen LogP contribution is -2.65. The standard InChI is InChI=1S/C69H123NO13/c1-3-5-7-9-11-13-15-17-19-21-23-24-25-26-27-28-29-30-31-32-33-34-35-37-39-41-43-45-47-49-51-53-61(74)70-57(58(73)52-50-48-46-44-42-40-38-36-22-20-18-16-14-12-10-8-6-4-2)56-80-68-66(79)64(77)67(60(55-72)82-68)83-69-65(78)63(76)62(75)59(54-71)81-69/h15,17,21-23,25-26,36,42,44,50,52,57-60,62-69,71-73,75-79H,3-14,16,18-20,24,27-35,37-41,43,45-49,51,53-56H2,1-2H3,(H,70,74)/b17-15-,23-21-,26-25-,36-22+,44-42+,52-50+. The van der Waals surface area contributed by atoms with E-state index in [2.05, 4.69) is 79.9 Å². The molecule has 0 spiro atoms. The predicted octanol–water partition coefficient (Wildman–Crippen LogP) is 13.1. The number of ether oxygens (including phenoxy) is 4. The molecule has 0 aromatic rings. The van der Waals surface area contributed by atoms with Crippen molar-refractivity contribution in [2.24, 2.45) is 0 Å². The third kappa shape index (κ3) is 38.4. The average Bonchev–Trinajstić information content (AvgIpc) is 3.64. The van der Waals surface area contributed by atoms with E-state index in [9.17, 15) is 45.6 Å². The van der Waals surface area contributed by atoms with Crippen molar-refractivity contribution in [2.45, 2.75) is 338 Å². The Hall–Kier alpha value is -2.57. The highest BCUT2D eigenvalue weighted by Crippen LogP contribution is 2.30. The number of unbranched alkanes of at least 4 members (excludes halogenated alkanes) is 31. The predicted molar refractivity (Wildman–Crippen MR) is 337 cm³/mol. The Labute approximate surface area is 504 Å². The molecule has 2 fully saturated rings. The second-order valence-corrected chi connectivity index (χ2v) is 23.6. The van der Waals surface area contributed by atoms with Crippen LogP contribution in [-0.4, -0.2) is 140 Å². The lowest BCUT2D eigenvalue weighted by molar-refractivity contribution is -0.359. The van der Waals surface area contributed by atoms with E-state index in [0.717, 1.165) is 57.8 Å². The molecule has 0 bridgehead atoms. The van der Waals surface area contributed by atoms with Gasteiger partial charge in [0.2, 0.25) is 5.91 Å². The van der Waals surface area contributed by atoms with E-state index in [1.807, 2.05) is 6.08 Å². The molecule has 0 saturated carbocycles. The molecule has 2 aliphatic rings. The maximum atomic E-state index is 13.3. The van der Waals surface area contributed by atoms with Crippen LogP contribution >= 0.6 is 0 Å². The smallest absolute Gasteiger partial charge is 0.220 e. The molecule has 1 amide bonds. The van der Waals surface area contributed by atoms with Crippen molar-refractivity contribution in [1.29, 1.82) is 0 Å². The second kappa shape index (κ2) is 53.7. The van der Waals surface area contributed by atoms with Crippen LogP contribution in [0.25, 0.3) is 0 Å². The Morgan fingerprint density at radius 1 is 0.434 bits per heavy atom. The number of amides is 1. The number of hydrogen-bond acceptors (Lipinski definition) is 13. The second-order valence-electron chi connectivity index (χ2n) is 23.6. The van der Waals surface area contributed by atoms with Crippen molar-refractivity contribution in [3.63, 3.8) is 0 Å². The van der Waals surface area contributed by atoms with E-state index in [1.165, 1.54) is 173 Å². The van der Waals surface area contributed by atoms with Gasteiger partial charge in [0.1, 0.15) is 48.8 Å². The summed E-state index contributed by atoms with van der Waals surface area (Å²) in [6.07, 6.45) is 55.2. The number of rotatable bonds is 54. The van der Waals surface area contributed by atoms with Crippen LogP contribution in [0.2, 0.25) is 0 Å². The molecule has 12 unspecified atom stereocenters. The molecule has 0 aromatic heterocycles. The van der Waals surface area contributed by atoms with Gasteiger partial charge in [0, 0.05) is 6.42 Å². The fraction of sp³-hybridized carbons (Fsp3) is 0.812. The van der Waals surface area contributed by atoms with Gasteiger partial charge in [0.05, 0.1) is 32.0 Å². The van der Waals surface area contributed by atoms with Crippen LogP contribution in [-0.2, 0) is 23.7 Å². The van der Waals surface area contributed by atoms with E-state index in [0.29, 0.717) is 12.8 Å². The minimum absolute atomic E-state index is 0.253. The minimum Gasteiger partial charge on any atom is -0.394 e. The van der Waals surface area contributed by atoms with E-state index >= 15 is 0 Å². The quantitative estimate of drug-likeness (QED) is 0.0204. The van der Waals surface area contributed by atoms with Crippen LogP contribution in [0, 0.1) is 0 Å². The molecule has 0 radical (unpaired) electrons. The lowest BCUT2D eigenvalue weighted by Gasteiger charge is -2.46. The molecular formula is C69H123NO13. The SMILES string of the molecule is CCCCCCC/C=C\C/C=C\C/C=C\CCCCCCCCCCCCCCCCCCC(=O)NC(COC1OC(CO)C(OC2OC(CO)C(O)C(O)C2O)C(O)C1O)C(O)/C=C/CC/C=C/CC/C=C/CCCCCCCCCC. The number of carbonyl (C=O) groups excluding carboxylic acids is 1. The number of nitrogens with one attached hydrogen (secondary N) is 1. The summed E-state index contributed by atoms with van der Waals surface area (Å²) in [6, 6.07) is -0.941. The van der Waals surface area contributed by atoms with Crippen LogP contribution in [0.5, 0.6) is 0 Å². The summed E-state index contributed by atoms with van der Waals surface area (Å²) in [6.45, 7) is 2.77. The van der Waals surface area contributed by atoms with Crippen LogP contribution in [0.3, 0.4) is 0 Å². The maximum Gasteiger partial charge on any atom is 0.220 e. The molecule has 2 heterocycles. The van der Waals surface area contributed by atoms with Gasteiger partial charge in [0.15, 0.2) is 12.6 Å². The summed E-state index contributed by atoms with van der Waals surface area (Å²) in [7, 11) is 0. The first kappa shape index (κ1) is 76.5. The summed E-state index contributed by atoms with van der Waals surface area (Å²) < 4.78 is 22.8.